The molecule has 3 heteroatoms. The standard InChI is InChI=1S/C7H4ClNO/c8-5-3-7-6(9-4-5)1-2-10-7/h1-4H. The Bertz CT molecular complexity index is 355. The van der Waals surface area contributed by atoms with Gasteiger partial charge in [-0.05, 0) is 0 Å². The molecule has 0 aromatic carbocycles. The van der Waals surface area contributed by atoms with E-state index in [1.165, 1.54) is 0 Å². The molecule has 0 saturated heterocycles. The molecule has 2 nitrogen and oxygen atoms in total. The van der Waals surface area contributed by atoms with Gasteiger partial charge in [0.1, 0.15) is 5.52 Å². The Hall–Kier alpha value is -1.02. The molecule has 2 aromatic heterocycles. The summed E-state index contributed by atoms with van der Waals surface area (Å²) in [7, 11) is 0. The molecule has 0 saturated carbocycles. The molecule has 50 valence electrons. The first kappa shape index (κ1) is 5.74. The first-order valence-electron chi connectivity index (χ1n) is 2.85. The van der Waals surface area contributed by atoms with Crippen LogP contribution < -0.4 is 0 Å². The van der Waals surface area contributed by atoms with Crippen LogP contribution in [-0.4, -0.2) is 4.98 Å². The van der Waals surface area contributed by atoms with Crippen LogP contribution in [0.15, 0.2) is 29.0 Å². The predicted molar refractivity (Wildman–Crippen MR) is 39.0 cm³/mol. The number of aromatic nitrogens is 1. The summed E-state index contributed by atoms with van der Waals surface area (Å²) in [4.78, 5) is 4.02. The molecule has 0 aliphatic rings. The summed E-state index contributed by atoms with van der Waals surface area (Å²) in [5.74, 6) is 0. The van der Waals surface area contributed by atoms with Gasteiger partial charge in [0.05, 0.1) is 11.3 Å². The zero-order chi connectivity index (χ0) is 6.97. The molecule has 0 aliphatic carbocycles. The Morgan fingerprint density at radius 1 is 1.50 bits per heavy atom. The van der Waals surface area contributed by atoms with E-state index < -0.39 is 0 Å². The molecule has 0 N–H and O–H groups in total. The van der Waals surface area contributed by atoms with Gasteiger partial charge in [0, 0.05) is 18.3 Å². The lowest BCUT2D eigenvalue weighted by atomic mass is 10.4. The van der Waals surface area contributed by atoms with Crippen molar-refractivity contribution in [2.45, 2.75) is 0 Å². The minimum absolute atomic E-state index is 0.599. The van der Waals surface area contributed by atoms with Crippen molar-refractivity contribution in [2.24, 2.45) is 0 Å². The molecule has 0 amide bonds. The summed E-state index contributed by atoms with van der Waals surface area (Å²) in [5.41, 5.74) is 1.57. The van der Waals surface area contributed by atoms with Gasteiger partial charge >= 0.3 is 0 Å². The van der Waals surface area contributed by atoms with Gasteiger partial charge in [0.2, 0.25) is 0 Å². The van der Waals surface area contributed by atoms with Crippen LogP contribution in [0.5, 0.6) is 0 Å². The second kappa shape index (κ2) is 1.99. The van der Waals surface area contributed by atoms with Crippen LogP contribution in [0.1, 0.15) is 0 Å². The second-order valence-electron chi connectivity index (χ2n) is 1.96. The van der Waals surface area contributed by atoms with Crippen molar-refractivity contribution in [1.82, 2.24) is 4.98 Å². The van der Waals surface area contributed by atoms with E-state index in [-0.39, 0.29) is 0 Å². The minimum atomic E-state index is 0.599. The quantitative estimate of drug-likeness (QED) is 0.581. The van der Waals surface area contributed by atoms with Crippen molar-refractivity contribution in [1.29, 1.82) is 0 Å². The summed E-state index contributed by atoms with van der Waals surface area (Å²) < 4.78 is 5.05. The smallest absolute Gasteiger partial charge is 0.153 e. The van der Waals surface area contributed by atoms with Crippen LogP contribution >= 0.6 is 11.6 Å². The lowest BCUT2D eigenvalue weighted by Gasteiger charge is -1.86. The predicted octanol–water partition coefficient (Wildman–Crippen LogP) is 2.48. The molecule has 2 aromatic rings. The van der Waals surface area contributed by atoms with Crippen molar-refractivity contribution < 1.29 is 4.42 Å². The highest BCUT2D eigenvalue weighted by atomic mass is 35.5. The summed E-state index contributed by atoms with van der Waals surface area (Å²) in [6.07, 6.45) is 3.19. The molecular weight excluding hydrogens is 150 g/mol. The molecule has 0 bridgehead atoms. The van der Waals surface area contributed by atoms with Gasteiger partial charge in [-0.15, -0.1) is 0 Å². The largest absolute Gasteiger partial charge is 0.463 e. The fraction of sp³-hybridized carbons (Fsp3) is 0. The zero-order valence-corrected chi connectivity index (χ0v) is 5.80. The fourth-order valence-corrected chi connectivity index (χ4v) is 0.971. The highest BCUT2D eigenvalue weighted by Crippen LogP contribution is 2.16. The highest BCUT2D eigenvalue weighted by molar-refractivity contribution is 6.30. The van der Waals surface area contributed by atoms with Gasteiger partial charge in [0.15, 0.2) is 5.58 Å². The molecule has 0 unspecified atom stereocenters. The van der Waals surface area contributed by atoms with Crippen molar-refractivity contribution >= 4 is 22.7 Å². The van der Waals surface area contributed by atoms with Gasteiger partial charge in [-0.25, -0.2) is 0 Å². The van der Waals surface area contributed by atoms with Crippen molar-refractivity contribution in [3.8, 4) is 0 Å². The molecule has 10 heavy (non-hydrogen) atoms. The highest BCUT2D eigenvalue weighted by Gasteiger charge is 1.96. The SMILES string of the molecule is Clc1cnc2ccoc2c1. The average molecular weight is 154 g/mol. The maximum Gasteiger partial charge on any atom is 0.153 e. The van der Waals surface area contributed by atoms with Gasteiger partial charge in [0.25, 0.3) is 0 Å². The van der Waals surface area contributed by atoms with E-state index >= 15 is 0 Å². The van der Waals surface area contributed by atoms with Crippen LogP contribution in [0.4, 0.5) is 0 Å². The molecule has 2 heterocycles. The number of hydrogen-bond acceptors (Lipinski definition) is 2. The van der Waals surface area contributed by atoms with Crippen LogP contribution in [-0.2, 0) is 0 Å². The van der Waals surface area contributed by atoms with Crippen molar-refractivity contribution in [3.63, 3.8) is 0 Å². The first-order valence-corrected chi connectivity index (χ1v) is 3.23. The van der Waals surface area contributed by atoms with Gasteiger partial charge in [-0.1, -0.05) is 11.6 Å². The molecule has 0 atom stereocenters. The molecule has 0 aliphatic heterocycles. The van der Waals surface area contributed by atoms with Crippen LogP contribution in [0.25, 0.3) is 11.1 Å². The molecule has 0 radical (unpaired) electrons. The third-order valence-corrected chi connectivity index (χ3v) is 1.48. The minimum Gasteiger partial charge on any atom is -0.463 e. The van der Waals surface area contributed by atoms with Crippen LogP contribution in [0.3, 0.4) is 0 Å². The molecular formula is C7H4ClNO. The number of fused-ring (bicyclic) bond motifs is 1. The van der Waals surface area contributed by atoms with Crippen LogP contribution in [0.2, 0.25) is 5.02 Å². The van der Waals surface area contributed by atoms with Gasteiger partial charge in [-0.2, -0.15) is 0 Å². The summed E-state index contributed by atoms with van der Waals surface area (Å²) in [6.45, 7) is 0. The maximum atomic E-state index is 5.65. The van der Waals surface area contributed by atoms with Gasteiger partial charge < -0.3 is 4.42 Å². The Balaban J connectivity index is 2.86. The average Bonchev–Trinajstić information content (AvgIpc) is 2.33. The molecule has 0 fully saturated rings. The van der Waals surface area contributed by atoms with E-state index in [0.717, 1.165) is 11.1 Å². The van der Waals surface area contributed by atoms with Crippen molar-refractivity contribution in [3.05, 3.63) is 29.6 Å². The number of pyridine rings is 1. The first-order chi connectivity index (χ1) is 4.86. The number of rotatable bonds is 0. The summed E-state index contributed by atoms with van der Waals surface area (Å²) in [5, 5.41) is 0.599. The lowest BCUT2D eigenvalue weighted by molar-refractivity contribution is 0.615. The number of hydrogen-bond donors (Lipinski definition) is 0. The number of nitrogens with zero attached hydrogens (tertiary/aromatic N) is 1. The van der Waals surface area contributed by atoms with E-state index in [1.54, 1.807) is 24.6 Å². The Morgan fingerprint density at radius 3 is 3.30 bits per heavy atom. The van der Waals surface area contributed by atoms with E-state index in [1.807, 2.05) is 0 Å². The third kappa shape index (κ3) is 0.772. The Labute approximate surface area is 62.4 Å². The number of furan rings is 1. The molecule has 2 rings (SSSR count). The maximum absolute atomic E-state index is 5.65. The topological polar surface area (TPSA) is 26.0 Å². The van der Waals surface area contributed by atoms with E-state index in [0.29, 0.717) is 5.02 Å². The van der Waals surface area contributed by atoms with E-state index in [9.17, 15) is 0 Å². The van der Waals surface area contributed by atoms with E-state index in [2.05, 4.69) is 4.98 Å². The summed E-state index contributed by atoms with van der Waals surface area (Å²) in [6, 6.07) is 3.54. The normalized spacial score (nSPS) is 10.5. The Kier molecular flexibility index (Phi) is 1.14. The lowest BCUT2D eigenvalue weighted by Crippen LogP contribution is -1.70. The zero-order valence-electron chi connectivity index (χ0n) is 5.04. The van der Waals surface area contributed by atoms with E-state index in [4.69, 9.17) is 16.0 Å². The van der Waals surface area contributed by atoms with Crippen LogP contribution in [0, 0.1) is 0 Å². The summed E-state index contributed by atoms with van der Waals surface area (Å²) >= 11 is 5.65. The fourth-order valence-electron chi connectivity index (χ4n) is 0.823. The third-order valence-electron chi connectivity index (χ3n) is 1.27. The van der Waals surface area contributed by atoms with Crippen molar-refractivity contribution in [2.75, 3.05) is 0 Å². The van der Waals surface area contributed by atoms with Gasteiger partial charge in [-0.3, -0.25) is 4.98 Å². The second-order valence-corrected chi connectivity index (χ2v) is 2.39. The number of halogens is 1. The monoisotopic (exact) mass is 153 g/mol. The molecule has 0 spiro atoms. The Morgan fingerprint density at radius 2 is 2.40 bits per heavy atom.